The largest absolute Gasteiger partial charge is 0.456 e. The quantitative estimate of drug-likeness (QED) is 0.182. The summed E-state index contributed by atoms with van der Waals surface area (Å²) in [5.41, 5.74) is 10.8. The van der Waals surface area contributed by atoms with Crippen molar-refractivity contribution in [2.75, 3.05) is 0 Å². The van der Waals surface area contributed by atoms with E-state index in [1.807, 2.05) is 91.0 Å². The van der Waals surface area contributed by atoms with Gasteiger partial charge in [-0.05, 0) is 60.2 Å². The molecule has 0 amide bonds. The first kappa shape index (κ1) is 30.4. The minimum Gasteiger partial charge on any atom is -0.456 e. The highest BCUT2D eigenvalue weighted by atomic mass is 16.3. The molecule has 12 aromatic rings. The molecule has 0 atom stereocenters. The van der Waals surface area contributed by atoms with Crippen molar-refractivity contribution < 1.29 is 8.83 Å². The van der Waals surface area contributed by atoms with Crippen molar-refractivity contribution in [1.82, 2.24) is 9.13 Å². The number of rotatable bonds is 3. The van der Waals surface area contributed by atoms with Gasteiger partial charge in [0, 0.05) is 48.7 Å². The van der Waals surface area contributed by atoms with Crippen molar-refractivity contribution in [2.24, 2.45) is 0 Å². The van der Waals surface area contributed by atoms with E-state index in [1.165, 1.54) is 0 Å². The summed E-state index contributed by atoms with van der Waals surface area (Å²) in [5.74, 6) is 0. The molecule has 4 heterocycles. The van der Waals surface area contributed by atoms with Gasteiger partial charge in [0.1, 0.15) is 28.4 Å². The van der Waals surface area contributed by atoms with E-state index in [4.69, 9.17) is 8.83 Å². The Morgan fingerprint density at radius 3 is 1.38 bits per heavy atom. The lowest BCUT2D eigenvalue weighted by molar-refractivity contribution is 0.669. The molecule has 258 valence electrons. The van der Waals surface area contributed by atoms with Crippen LogP contribution < -0.4 is 0 Å². The minimum atomic E-state index is 0.386. The van der Waals surface area contributed by atoms with Crippen LogP contribution in [-0.4, -0.2) is 9.13 Å². The molecule has 0 spiro atoms. The van der Waals surface area contributed by atoms with Crippen LogP contribution in [0.5, 0.6) is 0 Å². The van der Waals surface area contributed by atoms with Gasteiger partial charge in [0.15, 0.2) is 0 Å². The molecular weight excluding hydrogens is 689 g/mol. The number of benzene rings is 8. The molecule has 0 fully saturated rings. The highest BCUT2D eigenvalue weighted by molar-refractivity contribution is 6.29. The lowest BCUT2D eigenvalue weighted by Gasteiger charge is -2.23. The monoisotopic (exact) mass is 714 g/mol. The van der Waals surface area contributed by atoms with Gasteiger partial charge in [-0.3, -0.25) is 0 Å². The van der Waals surface area contributed by atoms with Gasteiger partial charge in [-0.1, -0.05) is 103 Å². The zero-order chi connectivity index (χ0) is 37.1. The third-order valence-corrected chi connectivity index (χ3v) is 11.4. The Morgan fingerprint density at radius 1 is 0.375 bits per heavy atom. The van der Waals surface area contributed by atoms with Gasteiger partial charge in [0.25, 0.3) is 0 Å². The highest BCUT2D eigenvalue weighted by Crippen LogP contribution is 2.48. The zero-order valence-electron chi connectivity index (χ0n) is 29.6. The predicted octanol–water partition coefficient (Wildman–Crippen LogP) is 13.1. The fourth-order valence-electron chi connectivity index (χ4n) is 9.20. The number of nitrogens with zero attached hydrogens (tertiary/aromatic N) is 4. The molecule has 56 heavy (non-hydrogen) atoms. The van der Waals surface area contributed by atoms with Crippen LogP contribution in [0.25, 0.3) is 110 Å². The molecule has 4 aromatic heterocycles. The molecule has 6 heteroatoms. The van der Waals surface area contributed by atoms with E-state index in [2.05, 4.69) is 81.9 Å². The first-order chi connectivity index (χ1) is 27.7. The molecule has 12 rings (SSSR count). The fourth-order valence-corrected chi connectivity index (χ4v) is 9.20. The number of para-hydroxylation sites is 4. The lowest BCUT2D eigenvalue weighted by atomic mass is 9.93. The van der Waals surface area contributed by atoms with Crippen LogP contribution in [0.2, 0.25) is 0 Å². The molecular formula is C50H26N4O2. The van der Waals surface area contributed by atoms with Crippen LogP contribution in [0, 0.1) is 22.7 Å². The minimum absolute atomic E-state index is 0.386. The summed E-state index contributed by atoms with van der Waals surface area (Å²) in [6.45, 7) is 0. The standard InChI is InChI=1S/C50H26N4O2/c51-27-30-26-31(28-52)49(53-36-18-8-4-14-32(36)45-38(53)22-24-42-47(45)34-16-6-10-20-40(34)55-42)50(44(30)29-12-2-1-3-13-29)54-37-19-9-5-15-33(37)46-39(54)23-25-43-48(46)35-17-7-11-21-41(35)56-43/h1-26H. The van der Waals surface area contributed by atoms with E-state index in [0.717, 1.165) is 104 Å². The summed E-state index contributed by atoms with van der Waals surface area (Å²) in [6, 6.07) is 58.1. The van der Waals surface area contributed by atoms with Gasteiger partial charge in [-0.25, -0.2) is 0 Å². The Labute approximate surface area is 318 Å². The molecule has 6 nitrogen and oxygen atoms in total. The molecule has 0 aliphatic rings. The summed E-state index contributed by atoms with van der Waals surface area (Å²) in [5, 5.41) is 30.4. The smallest absolute Gasteiger partial charge is 0.136 e. The van der Waals surface area contributed by atoms with E-state index >= 15 is 0 Å². The third-order valence-electron chi connectivity index (χ3n) is 11.4. The predicted molar refractivity (Wildman–Crippen MR) is 225 cm³/mol. The molecule has 0 unspecified atom stereocenters. The van der Waals surface area contributed by atoms with Crippen molar-refractivity contribution in [1.29, 1.82) is 10.5 Å². The van der Waals surface area contributed by atoms with Crippen LogP contribution in [0.1, 0.15) is 11.1 Å². The molecule has 0 saturated carbocycles. The number of aromatic nitrogens is 2. The molecule has 0 aliphatic heterocycles. The molecule has 0 radical (unpaired) electrons. The average Bonchev–Trinajstić information content (AvgIpc) is 4.00. The van der Waals surface area contributed by atoms with Gasteiger partial charge in [0.2, 0.25) is 0 Å². The number of nitriles is 2. The van der Waals surface area contributed by atoms with E-state index < -0.39 is 0 Å². The summed E-state index contributed by atoms with van der Waals surface area (Å²) in [6.07, 6.45) is 0. The third kappa shape index (κ3) is 3.92. The second kappa shape index (κ2) is 11.2. The van der Waals surface area contributed by atoms with Crippen molar-refractivity contribution >= 4 is 87.5 Å². The van der Waals surface area contributed by atoms with Crippen molar-refractivity contribution in [3.8, 4) is 34.6 Å². The van der Waals surface area contributed by atoms with E-state index in [1.54, 1.807) is 6.07 Å². The maximum Gasteiger partial charge on any atom is 0.136 e. The Balaban J connectivity index is 1.35. The topological polar surface area (TPSA) is 83.7 Å². The fraction of sp³-hybridized carbons (Fsp3) is 0. The Bertz CT molecular complexity index is 3730. The second-order valence-electron chi connectivity index (χ2n) is 14.2. The van der Waals surface area contributed by atoms with Crippen molar-refractivity contribution in [3.05, 3.63) is 169 Å². The number of hydrogen-bond acceptors (Lipinski definition) is 4. The molecule has 0 bridgehead atoms. The summed E-state index contributed by atoms with van der Waals surface area (Å²) in [4.78, 5) is 0. The van der Waals surface area contributed by atoms with Crippen molar-refractivity contribution in [3.63, 3.8) is 0 Å². The second-order valence-corrected chi connectivity index (χ2v) is 14.2. The maximum absolute atomic E-state index is 11.2. The summed E-state index contributed by atoms with van der Waals surface area (Å²) in [7, 11) is 0. The van der Waals surface area contributed by atoms with E-state index in [0.29, 0.717) is 16.8 Å². The molecule has 8 aromatic carbocycles. The number of hydrogen-bond donors (Lipinski definition) is 0. The molecule has 0 saturated heterocycles. The van der Waals surface area contributed by atoms with Gasteiger partial charge < -0.3 is 18.0 Å². The van der Waals surface area contributed by atoms with Crippen LogP contribution in [0.4, 0.5) is 0 Å². The van der Waals surface area contributed by atoms with Gasteiger partial charge in [0.05, 0.1) is 50.6 Å². The zero-order valence-corrected chi connectivity index (χ0v) is 29.6. The Hall–Kier alpha value is -8.06. The van der Waals surface area contributed by atoms with Crippen LogP contribution in [-0.2, 0) is 0 Å². The number of furan rings is 2. The van der Waals surface area contributed by atoms with Gasteiger partial charge in [-0.15, -0.1) is 0 Å². The molecule has 0 aliphatic carbocycles. The van der Waals surface area contributed by atoms with E-state index in [-0.39, 0.29) is 0 Å². The first-order valence-corrected chi connectivity index (χ1v) is 18.5. The van der Waals surface area contributed by atoms with Crippen molar-refractivity contribution in [2.45, 2.75) is 0 Å². The lowest BCUT2D eigenvalue weighted by Crippen LogP contribution is -2.09. The summed E-state index contributed by atoms with van der Waals surface area (Å²) < 4.78 is 17.3. The SMILES string of the molecule is N#Cc1cc(C#N)c(-n2c3ccccc3c3c4c(ccc32)oc2ccccc24)c(-n2c3ccccc3c3c4c(ccc32)oc2ccccc24)c1-c1ccccc1. The van der Waals surface area contributed by atoms with Gasteiger partial charge in [-0.2, -0.15) is 10.5 Å². The van der Waals surface area contributed by atoms with Crippen LogP contribution in [0.15, 0.2) is 167 Å². The Kier molecular flexibility index (Phi) is 6.10. The average molecular weight is 715 g/mol. The van der Waals surface area contributed by atoms with Crippen LogP contribution >= 0.6 is 0 Å². The first-order valence-electron chi connectivity index (χ1n) is 18.5. The Morgan fingerprint density at radius 2 is 0.839 bits per heavy atom. The highest BCUT2D eigenvalue weighted by Gasteiger charge is 2.29. The van der Waals surface area contributed by atoms with Gasteiger partial charge >= 0.3 is 0 Å². The maximum atomic E-state index is 11.2. The number of fused-ring (bicyclic) bond motifs is 14. The van der Waals surface area contributed by atoms with E-state index in [9.17, 15) is 10.5 Å². The van der Waals surface area contributed by atoms with Crippen LogP contribution in [0.3, 0.4) is 0 Å². The summed E-state index contributed by atoms with van der Waals surface area (Å²) >= 11 is 0. The molecule has 0 N–H and O–H groups in total. The normalized spacial score (nSPS) is 11.9.